The van der Waals surface area contributed by atoms with Gasteiger partial charge in [0, 0.05) is 13.1 Å². The molecule has 22 heavy (non-hydrogen) atoms. The molecule has 0 aliphatic carbocycles. The van der Waals surface area contributed by atoms with Crippen molar-refractivity contribution in [2.75, 3.05) is 6.54 Å². The van der Waals surface area contributed by atoms with E-state index in [1.807, 2.05) is 30.3 Å². The monoisotopic (exact) mass is 309 g/mol. The highest BCUT2D eigenvalue weighted by Gasteiger charge is 2.55. The summed E-state index contributed by atoms with van der Waals surface area (Å²) in [4.78, 5) is 0. The summed E-state index contributed by atoms with van der Waals surface area (Å²) in [5.41, 5.74) is 1.13. The molecule has 0 bridgehead atoms. The third-order valence-electron chi connectivity index (χ3n) is 3.96. The van der Waals surface area contributed by atoms with Gasteiger partial charge in [-0.25, -0.2) is 0 Å². The highest BCUT2D eigenvalue weighted by Crippen LogP contribution is 2.38. The average Bonchev–Trinajstić information content (AvgIpc) is 2.94. The smallest absolute Gasteiger partial charge is 0.190 e. The van der Waals surface area contributed by atoms with Gasteiger partial charge in [-0.2, -0.15) is 0 Å². The molecule has 2 fully saturated rings. The molecule has 2 aliphatic heterocycles. The molecule has 122 valence electrons. The molecule has 3 rings (SSSR count). The zero-order valence-corrected chi connectivity index (χ0v) is 12.8. The van der Waals surface area contributed by atoms with Crippen LogP contribution in [0.5, 0.6) is 0 Å². The van der Waals surface area contributed by atoms with Crippen LogP contribution >= 0.6 is 0 Å². The minimum atomic E-state index is -0.902. The third-order valence-corrected chi connectivity index (χ3v) is 3.96. The van der Waals surface area contributed by atoms with Crippen LogP contribution in [0.3, 0.4) is 0 Å². The summed E-state index contributed by atoms with van der Waals surface area (Å²) >= 11 is 0. The molecular formula is C16H23NO5. The van der Waals surface area contributed by atoms with Crippen LogP contribution in [0.2, 0.25) is 0 Å². The van der Waals surface area contributed by atoms with E-state index in [0.717, 1.165) is 5.56 Å². The molecule has 0 amide bonds. The van der Waals surface area contributed by atoms with Gasteiger partial charge in [0.05, 0.1) is 6.10 Å². The van der Waals surface area contributed by atoms with Crippen molar-refractivity contribution in [1.82, 2.24) is 5.32 Å². The number of ether oxygens (including phenoxy) is 3. The largest absolute Gasteiger partial charge is 0.389 e. The molecule has 1 aromatic rings. The van der Waals surface area contributed by atoms with Gasteiger partial charge in [0.2, 0.25) is 0 Å². The predicted molar refractivity (Wildman–Crippen MR) is 78.9 cm³/mol. The maximum absolute atomic E-state index is 10.3. The van der Waals surface area contributed by atoms with Crippen LogP contribution < -0.4 is 5.32 Å². The Morgan fingerprint density at radius 3 is 2.64 bits per heavy atom. The topological polar surface area (TPSA) is 80.2 Å². The number of aliphatic hydroxyl groups excluding tert-OH is 2. The fraction of sp³-hybridized carbons (Fsp3) is 0.625. The summed E-state index contributed by atoms with van der Waals surface area (Å²) < 4.78 is 16.8. The molecule has 5 atom stereocenters. The Labute approximate surface area is 130 Å². The lowest BCUT2D eigenvalue weighted by molar-refractivity contribution is -0.225. The van der Waals surface area contributed by atoms with Crippen molar-refractivity contribution in [2.24, 2.45) is 0 Å². The number of rotatable bonds is 5. The van der Waals surface area contributed by atoms with Gasteiger partial charge in [-0.15, -0.1) is 0 Å². The highest BCUT2D eigenvalue weighted by atomic mass is 16.8. The quantitative estimate of drug-likeness (QED) is 0.729. The van der Waals surface area contributed by atoms with E-state index in [1.54, 1.807) is 13.8 Å². The highest BCUT2D eigenvalue weighted by molar-refractivity contribution is 5.14. The first-order valence-electron chi connectivity index (χ1n) is 7.58. The second-order valence-corrected chi connectivity index (χ2v) is 6.24. The van der Waals surface area contributed by atoms with Gasteiger partial charge in [-0.3, -0.25) is 0 Å². The van der Waals surface area contributed by atoms with Crippen molar-refractivity contribution in [3.05, 3.63) is 35.9 Å². The number of hydrogen-bond donors (Lipinski definition) is 3. The molecule has 1 aromatic carbocycles. The van der Waals surface area contributed by atoms with Crippen LogP contribution in [0.1, 0.15) is 19.4 Å². The molecule has 2 heterocycles. The van der Waals surface area contributed by atoms with Gasteiger partial charge in [0.1, 0.15) is 18.3 Å². The minimum Gasteiger partial charge on any atom is -0.389 e. The van der Waals surface area contributed by atoms with Crippen LogP contribution in [-0.2, 0) is 20.8 Å². The Morgan fingerprint density at radius 1 is 1.23 bits per heavy atom. The normalized spacial score (nSPS) is 34.5. The molecule has 1 unspecified atom stereocenters. The SMILES string of the molecule is CC1(C)O[C@H]2O[C@H](C(O)CNCc3ccccc3)[C@H](O)[C@H]2O1. The number of aliphatic hydroxyl groups is 2. The van der Waals surface area contributed by atoms with E-state index < -0.39 is 36.5 Å². The van der Waals surface area contributed by atoms with Gasteiger partial charge in [-0.05, 0) is 19.4 Å². The number of nitrogens with one attached hydrogen (secondary N) is 1. The van der Waals surface area contributed by atoms with E-state index >= 15 is 0 Å². The molecule has 0 saturated carbocycles. The minimum absolute atomic E-state index is 0.319. The van der Waals surface area contributed by atoms with E-state index in [1.165, 1.54) is 0 Å². The number of fused-ring (bicyclic) bond motifs is 1. The molecule has 0 radical (unpaired) electrons. The molecule has 6 nitrogen and oxygen atoms in total. The van der Waals surface area contributed by atoms with E-state index in [2.05, 4.69) is 5.32 Å². The van der Waals surface area contributed by atoms with Crippen molar-refractivity contribution in [3.8, 4) is 0 Å². The maximum atomic E-state index is 10.3. The van der Waals surface area contributed by atoms with Crippen LogP contribution in [0, 0.1) is 0 Å². The van der Waals surface area contributed by atoms with Gasteiger partial charge < -0.3 is 29.7 Å². The van der Waals surface area contributed by atoms with E-state index in [-0.39, 0.29) is 0 Å². The van der Waals surface area contributed by atoms with Crippen molar-refractivity contribution in [3.63, 3.8) is 0 Å². The van der Waals surface area contributed by atoms with Crippen molar-refractivity contribution in [2.45, 2.75) is 56.9 Å². The second kappa shape index (κ2) is 6.23. The van der Waals surface area contributed by atoms with Crippen molar-refractivity contribution < 1.29 is 24.4 Å². The Kier molecular flexibility index (Phi) is 4.49. The summed E-state index contributed by atoms with van der Waals surface area (Å²) in [5.74, 6) is -0.766. The average molecular weight is 309 g/mol. The standard InChI is InChI=1S/C16H23NO5/c1-16(2)21-14-12(19)13(20-15(14)22-16)11(18)9-17-8-10-6-4-3-5-7-10/h3-7,11-15,17-19H,8-9H2,1-2H3/t11?,12-,13+,14+,15+/m0/s1. The molecule has 2 saturated heterocycles. The zero-order valence-electron chi connectivity index (χ0n) is 12.8. The summed E-state index contributed by atoms with van der Waals surface area (Å²) in [7, 11) is 0. The molecule has 0 spiro atoms. The van der Waals surface area contributed by atoms with Crippen LogP contribution in [-0.4, -0.2) is 53.3 Å². The van der Waals surface area contributed by atoms with Crippen molar-refractivity contribution >= 4 is 0 Å². The summed E-state index contributed by atoms with van der Waals surface area (Å²) in [6.07, 6.45) is -3.63. The fourth-order valence-electron chi connectivity index (χ4n) is 2.91. The molecule has 3 N–H and O–H groups in total. The lowest BCUT2D eigenvalue weighted by Crippen LogP contribution is -2.44. The Hall–Kier alpha value is -1.02. The van der Waals surface area contributed by atoms with E-state index in [9.17, 15) is 10.2 Å². The Bertz CT molecular complexity index is 495. The maximum Gasteiger partial charge on any atom is 0.190 e. The van der Waals surface area contributed by atoms with Crippen LogP contribution in [0.25, 0.3) is 0 Å². The van der Waals surface area contributed by atoms with E-state index in [4.69, 9.17) is 14.2 Å². The van der Waals surface area contributed by atoms with Crippen LogP contribution in [0.15, 0.2) is 30.3 Å². The summed E-state index contributed by atoms with van der Waals surface area (Å²) in [6, 6.07) is 9.91. The molecule has 6 heteroatoms. The Morgan fingerprint density at radius 2 is 1.95 bits per heavy atom. The first-order chi connectivity index (χ1) is 10.5. The van der Waals surface area contributed by atoms with Crippen LogP contribution in [0.4, 0.5) is 0 Å². The first kappa shape index (κ1) is 15.9. The summed E-state index contributed by atoms with van der Waals surface area (Å²) in [6.45, 7) is 4.51. The number of hydrogen-bond acceptors (Lipinski definition) is 6. The lowest BCUT2D eigenvalue weighted by Gasteiger charge is -2.26. The zero-order chi connectivity index (χ0) is 15.7. The summed E-state index contributed by atoms with van der Waals surface area (Å²) in [5, 5.41) is 23.6. The number of benzene rings is 1. The fourth-order valence-corrected chi connectivity index (χ4v) is 2.91. The predicted octanol–water partition coefficient (Wildman–Crippen LogP) is 0.374. The molecular weight excluding hydrogens is 286 g/mol. The first-order valence-corrected chi connectivity index (χ1v) is 7.58. The van der Waals surface area contributed by atoms with Gasteiger partial charge in [0.15, 0.2) is 12.1 Å². The van der Waals surface area contributed by atoms with Gasteiger partial charge >= 0.3 is 0 Å². The van der Waals surface area contributed by atoms with Crippen molar-refractivity contribution in [1.29, 1.82) is 0 Å². The lowest BCUT2D eigenvalue weighted by atomic mass is 10.1. The molecule has 0 aromatic heterocycles. The van der Waals surface area contributed by atoms with E-state index in [0.29, 0.717) is 13.1 Å². The van der Waals surface area contributed by atoms with Gasteiger partial charge in [0.25, 0.3) is 0 Å². The second-order valence-electron chi connectivity index (χ2n) is 6.24. The van der Waals surface area contributed by atoms with Gasteiger partial charge in [-0.1, -0.05) is 30.3 Å². The molecule has 2 aliphatic rings. The Balaban J connectivity index is 1.48. The third kappa shape index (κ3) is 3.32.